The molecule has 0 saturated carbocycles. The summed E-state index contributed by atoms with van der Waals surface area (Å²) in [5, 5.41) is 18.1. The maximum Gasteiger partial charge on any atom is 0.134 e. The van der Waals surface area contributed by atoms with E-state index in [0.717, 1.165) is 10.0 Å². The van der Waals surface area contributed by atoms with Crippen LogP contribution in [0, 0.1) is 6.92 Å². The molecular weight excluding hydrogens is 303 g/mol. The quantitative estimate of drug-likeness (QED) is 0.751. The third-order valence-electron chi connectivity index (χ3n) is 2.00. The Labute approximate surface area is 114 Å². The van der Waals surface area contributed by atoms with Crippen molar-refractivity contribution in [1.82, 2.24) is 0 Å². The summed E-state index contributed by atoms with van der Waals surface area (Å²) in [7, 11) is 0. The summed E-state index contributed by atoms with van der Waals surface area (Å²) in [4.78, 5) is 0. The molecule has 0 unspecified atom stereocenters. The molecule has 0 heterocycles. The minimum absolute atomic E-state index is 0.150. The lowest BCUT2D eigenvalue weighted by Crippen LogP contribution is -1.72. The van der Waals surface area contributed by atoms with Gasteiger partial charge in [-0.05, 0) is 42.8 Å². The van der Waals surface area contributed by atoms with Gasteiger partial charge in [0.05, 0.1) is 5.02 Å². The second-order valence-corrected chi connectivity index (χ2v) is 4.68. The molecule has 0 spiro atoms. The maximum atomic E-state index is 8.97. The van der Waals surface area contributed by atoms with E-state index in [1.807, 2.05) is 13.0 Å². The van der Waals surface area contributed by atoms with Crippen LogP contribution in [0.1, 0.15) is 5.56 Å². The summed E-state index contributed by atoms with van der Waals surface area (Å²) in [5.74, 6) is 0.449. The first-order valence-electron chi connectivity index (χ1n) is 4.89. The van der Waals surface area contributed by atoms with Gasteiger partial charge in [-0.15, -0.1) is 0 Å². The molecule has 0 aliphatic carbocycles. The first-order chi connectivity index (χ1) is 8.00. The number of phenolic OH excluding ortho intramolecular Hbond substituents is 2. The fourth-order valence-corrected chi connectivity index (χ4v) is 1.46. The molecule has 2 aromatic carbocycles. The maximum absolute atomic E-state index is 8.97. The van der Waals surface area contributed by atoms with E-state index in [4.69, 9.17) is 21.8 Å². The molecule has 0 aliphatic rings. The molecule has 2 aromatic rings. The molecule has 0 fully saturated rings. The van der Waals surface area contributed by atoms with Crippen molar-refractivity contribution < 1.29 is 10.2 Å². The Morgan fingerprint density at radius 2 is 1.59 bits per heavy atom. The van der Waals surface area contributed by atoms with Crippen molar-refractivity contribution in [3.05, 3.63) is 57.5 Å². The third kappa shape index (κ3) is 4.67. The van der Waals surface area contributed by atoms with Crippen LogP contribution in [0.15, 0.2) is 46.9 Å². The van der Waals surface area contributed by atoms with Gasteiger partial charge in [-0.1, -0.05) is 39.7 Å². The molecule has 2 N–H and O–H groups in total. The van der Waals surface area contributed by atoms with Crippen LogP contribution < -0.4 is 0 Å². The largest absolute Gasteiger partial charge is 0.508 e. The minimum Gasteiger partial charge on any atom is -0.508 e. The lowest BCUT2D eigenvalue weighted by Gasteiger charge is -1.97. The zero-order valence-electron chi connectivity index (χ0n) is 9.19. The van der Waals surface area contributed by atoms with Crippen molar-refractivity contribution in [3.8, 4) is 11.5 Å². The summed E-state index contributed by atoms with van der Waals surface area (Å²) in [6.07, 6.45) is 0. The van der Waals surface area contributed by atoms with Gasteiger partial charge in [-0.2, -0.15) is 0 Å². The van der Waals surface area contributed by atoms with Gasteiger partial charge < -0.3 is 10.2 Å². The van der Waals surface area contributed by atoms with Gasteiger partial charge in [0.25, 0.3) is 0 Å². The van der Waals surface area contributed by atoms with Gasteiger partial charge in [0.1, 0.15) is 11.5 Å². The molecule has 0 aromatic heterocycles. The summed E-state index contributed by atoms with van der Waals surface area (Å²) in [5.41, 5.74) is 0.900. The number of hydrogen-bond acceptors (Lipinski definition) is 2. The first kappa shape index (κ1) is 13.9. The summed E-state index contributed by atoms with van der Waals surface area (Å²) in [6, 6.07) is 12.0. The topological polar surface area (TPSA) is 40.5 Å². The molecule has 2 nitrogen and oxygen atoms in total. The van der Waals surface area contributed by atoms with Gasteiger partial charge in [-0.25, -0.2) is 0 Å². The highest BCUT2D eigenvalue weighted by Crippen LogP contribution is 2.25. The van der Waals surface area contributed by atoms with E-state index >= 15 is 0 Å². The second-order valence-electron chi connectivity index (χ2n) is 3.38. The number of aromatic hydroxyl groups is 2. The van der Waals surface area contributed by atoms with Crippen molar-refractivity contribution >= 4 is 27.5 Å². The number of rotatable bonds is 0. The zero-order valence-corrected chi connectivity index (χ0v) is 11.5. The number of aryl methyl sites for hydroxylation is 1. The summed E-state index contributed by atoms with van der Waals surface area (Å²) >= 11 is 8.86. The fraction of sp³-hybridized carbons (Fsp3) is 0.0769. The van der Waals surface area contributed by atoms with Crippen LogP contribution in [0.2, 0.25) is 5.02 Å². The normalized spacial score (nSPS) is 9.35. The molecule has 0 atom stereocenters. The Hall–Kier alpha value is -1.19. The van der Waals surface area contributed by atoms with E-state index in [1.165, 1.54) is 0 Å². The Kier molecular flexibility index (Phi) is 5.32. The van der Waals surface area contributed by atoms with E-state index in [1.54, 1.807) is 36.4 Å². The van der Waals surface area contributed by atoms with E-state index in [9.17, 15) is 0 Å². The summed E-state index contributed by atoms with van der Waals surface area (Å²) in [6.45, 7) is 1.85. The molecule has 2 rings (SSSR count). The molecule has 0 aliphatic heterocycles. The predicted molar refractivity (Wildman–Crippen MR) is 73.7 cm³/mol. The van der Waals surface area contributed by atoms with Crippen LogP contribution in [0.3, 0.4) is 0 Å². The standard InChI is InChI=1S/C7H7ClO.C6H5BrO/c1-5-3-2-4-6(9)7(5)8;7-5-1-3-6(8)4-2-5/h2-4,9H,1H3;1-4,8H. The monoisotopic (exact) mass is 314 g/mol. The molecule has 17 heavy (non-hydrogen) atoms. The van der Waals surface area contributed by atoms with Crippen LogP contribution in [0.25, 0.3) is 0 Å². The van der Waals surface area contributed by atoms with E-state index in [-0.39, 0.29) is 5.75 Å². The molecule has 0 radical (unpaired) electrons. The van der Waals surface area contributed by atoms with Crippen LogP contribution in [-0.2, 0) is 0 Å². The van der Waals surface area contributed by atoms with Crippen molar-refractivity contribution in [2.45, 2.75) is 6.92 Å². The number of hydrogen-bond donors (Lipinski definition) is 2. The van der Waals surface area contributed by atoms with Crippen LogP contribution >= 0.6 is 27.5 Å². The Balaban J connectivity index is 0.000000171. The second kappa shape index (κ2) is 6.52. The Bertz CT molecular complexity index is 442. The van der Waals surface area contributed by atoms with Crippen LogP contribution in [-0.4, -0.2) is 10.2 Å². The summed E-state index contributed by atoms with van der Waals surface area (Å²) < 4.78 is 0.982. The van der Waals surface area contributed by atoms with Crippen molar-refractivity contribution in [1.29, 1.82) is 0 Å². The highest BCUT2D eigenvalue weighted by atomic mass is 79.9. The van der Waals surface area contributed by atoms with Gasteiger partial charge in [0.15, 0.2) is 0 Å². The van der Waals surface area contributed by atoms with Crippen LogP contribution in [0.4, 0.5) is 0 Å². The minimum atomic E-state index is 0.150. The first-order valence-corrected chi connectivity index (χ1v) is 6.06. The van der Waals surface area contributed by atoms with Gasteiger partial charge in [0, 0.05) is 4.47 Å². The molecule has 0 saturated heterocycles. The molecular formula is C13H12BrClO2. The van der Waals surface area contributed by atoms with E-state index in [2.05, 4.69) is 15.9 Å². The van der Waals surface area contributed by atoms with Gasteiger partial charge >= 0.3 is 0 Å². The van der Waals surface area contributed by atoms with Gasteiger partial charge in [0.2, 0.25) is 0 Å². The van der Waals surface area contributed by atoms with Gasteiger partial charge in [-0.3, -0.25) is 0 Å². The average Bonchev–Trinajstić information content (AvgIpc) is 2.31. The fourth-order valence-electron chi connectivity index (χ4n) is 1.07. The van der Waals surface area contributed by atoms with Crippen molar-refractivity contribution in [2.75, 3.05) is 0 Å². The predicted octanol–water partition coefficient (Wildman–Crippen LogP) is 4.51. The highest BCUT2D eigenvalue weighted by Gasteiger charge is 1.97. The average molecular weight is 316 g/mol. The zero-order chi connectivity index (χ0) is 12.8. The number of benzene rings is 2. The lowest BCUT2D eigenvalue weighted by molar-refractivity contribution is 0.474. The molecule has 0 amide bonds. The SMILES string of the molecule is Cc1cccc(O)c1Cl.Oc1ccc(Br)cc1. The highest BCUT2D eigenvalue weighted by molar-refractivity contribution is 9.10. The Morgan fingerprint density at radius 3 is 2.00 bits per heavy atom. The van der Waals surface area contributed by atoms with E-state index < -0.39 is 0 Å². The Morgan fingerprint density at radius 1 is 1.00 bits per heavy atom. The molecule has 4 heteroatoms. The van der Waals surface area contributed by atoms with Crippen molar-refractivity contribution in [2.24, 2.45) is 0 Å². The van der Waals surface area contributed by atoms with Crippen LogP contribution in [0.5, 0.6) is 11.5 Å². The molecule has 90 valence electrons. The number of halogens is 2. The lowest BCUT2D eigenvalue weighted by atomic mass is 10.2. The van der Waals surface area contributed by atoms with E-state index in [0.29, 0.717) is 10.8 Å². The van der Waals surface area contributed by atoms with Crippen molar-refractivity contribution in [3.63, 3.8) is 0 Å². The third-order valence-corrected chi connectivity index (χ3v) is 3.02. The number of phenols is 2. The smallest absolute Gasteiger partial charge is 0.134 e. The molecule has 0 bridgehead atoms.